The number of methoxy groups -OCH3 is 1. The van der Waals surface area contributed by atoms with Gasteiger partial charge in [-0.3, -0.25) is 0 Å². The Balaban J connectivity index is 2.08. The average molecular weight is 366 g/mol. The van der Waals surface area contributed by atoms with E-state index in [0.717, 1.165) is 23.1 Å². The molecule has 0 heterocycles. The van der Waals surface area contributed by atoms with E-state index in [1.807, 2.05) is 12.1 Å². The topological polar surface area (TPSA) is 35.2 Å². The van der Waals surface area contributed by atoms with Gasteiger partial charge >= 0.3 is 0 Å². The predicted molar refractivity (Wildman–Crippen MR) is 93.2 cm³/mol. The van der Waals surface area contributed by atoms with Crippen LogP contribution in [0.3, 0.4) is 0 Å². The summed E-state index contributed by atoms with van der Waals surface area (Å²) in [5, 5.41) is 0. The lowest BCUT2D eigenvalue weighted by molar-refractivity contribution is 0.414. The maximum atomic E-state index is 6.02. The lowest BCUT2D eigenvalue weighted by Gasteiger charge is -2.11. The molecule has 0 saturated heterocycles. The monoisotopic (exact) mass is 365 g/mol. The fourth-order valence-electron chi connectivity index (χ4n) is 1.96. The summed E-state index contributed by atoms with van der Waals surface area (Å²) >= 11 is 5.39. The van der Waals surface area contributed by atoms with Crippen LogP contribution in [0.25, 0.3) is 0 Å². The fraction of sp³-hybridized carbons (Fsp3) is 0.294. The van der Waals surface area contributed by atoms with Gasteiger partial charge in [-0.2, -0.15) is 0 Å². The van der Waals surface area contributed by atoms with Crippen LogP contribution in [0.5, 0.6) is 5.75 Å². The van der Waals surface area contributed by atoms with Gasteiger partial charge in [0, 0.05) is 20.3 Å². The largest absolute Gasteiger partial charge is 0.497 e. The minimum atomic E-state index is 0.224. The molecule has 2 aromatic rings. The van der Waals surface area contributed by atoms with Gasteiger partial charge in [-0.05, 0) is 54.8 Å². The second kappa shape index (κ2) is 7.87. The van der Waals surface area contributed by atoms with Crippen molar-refractivity contribution in [2.24, 2.45) is 5.73 Å². The highest BCUT2D eigenvalue weighted by Crippen LogP contribution is 2.32. The first kappa shape index (κ1) is 16.4. The van der Waals surface area contributed by atoms with Crippen molar-refractivity contribution in [2.45, 2.75) is 35.6 Å². The lowest BCUT2D eigenvalue weighted by atomic mass is 10.1. The van der Waals surface area contributed by atoms with Gasteiger partial charge in [0.2, 0.25) is 0 Å². The molecule has 2 aromatic carbocycles. The fourth-order valence-corrected chi connectivity index (χ4v) is 3.51. The van der Waals surface area contributed by atoms with Crippen LogP contribution in [0.1, 0.15) is 18.9 Å². The molecule has 0 aliphatic carbocycles. The van der Waals surface area contributed by atoms with Gasteiger partial charge in [0.1, 0.15) is 5.75 Å². The van der Waals surface area contributed by atoms with Gasteiger partial charge in [0.05, 0.1) is 7.11 Å². The lowest BCUT2D eigenvalue weighted by Crippen LogP contribution is -2.21. The van der Waals surface area contributed by atoms with E-state index in [0.29, 0.717) is 0 Å². The third-order valence-electron chi connectivity index (χ3n) is 3.33. The van der Waals surface area contributed by atoms with E-state index >= 15 is 0 Å². The number of benzene rings is 2. The van der Waals surface area contributed by atoms with Crippen molar-refractivity contribution in [3.8, 4) is 5.75 Å². The first-order chi connectivity index (χ1) is 10.1. The van der Waals surface area contributed by atoms with Gasteiger partial charge in [0.15, 0.2) is 0 Å². The molecule has 2 N–H and O–H groups in total. The highest BCUT2D eigenvalue weighted by Gasteiger charge is 2.07. The molecule has 0 aliphatic rings. The normalized spacial score (nSPS) is 12.2. The number of hydrogen-bond donors (Lipinski definition) is 1. The molecular weight excluding hydrogens is 346 g/mol. The van der Waals surface area contributed by atoms with Crippen LogP contribution in [0.2, 0.25) is 0 Å². The van der Waals surface area contributed by atoms with Crippen molar-refractivity contribution in [3.63, 3.8) is 0 Å². The molecule has 0 bridgehead atoms. The Morgan fingerprint density at radius 3 is 2.38 bits per heavy atom. The predicted octanol–water partition coefficient (Wildman–Crippen LogP) is 4.89. The summed E-state index contributed by atoms with van der Waals surface area (Å²) in [6.07, 6.45) is 1.90. The minimum absolute atomic E-state index is 0.224. The first-order valence-corrected chi connectivity index (χ1v) is 8.59. The molecule has 0 radical (unpaired) electrons. The quantitative estimate of drug-likeness (QED) is 0.791. The number of rotatable bonds is 6. The van der Waals surface area contributed by atoms with Crippen molar-refractivity contribution in [2.75, 3.05) is 7.11 Å². The zero-order chi connectivity index (χ0) is 15.2. The number of hydrogen-bond acceptors (Lipinski definition) is 3. The van der Waals surface area contributed by atoms with Crippen LogP contribution in [0.4, 0.5) is 0 Å². The highest BCUT2D eigenvalue weighted by atomic mass is 79.9. The van der Waals surface area contributed by atoms with Crippen LogP contribution < -0.4 is 10.5 Å². The molecule has 4 heteroatoms. The van der Waals surface area contributed by atoms with E-state index < -0.39 is 0 Å². The third-order valence-corrected chi connectivity index (χ3v) is 5.06. The molecule has 0 saturated carbocycles. The number of ether oxygens (including phenoxy) is 1. The summed E-state index contributed by atoms with van der Waals surface area (Å²) in [7, 11) is 1.68. The zero-order valence-electron chi connectivity index (χ0n) is 12.3. The van der Waals surface area contributed by atoms with Gasteiger partial charge in [-0.1, -0.05) is 40.7 Å². The molecule has 0 amide bonds. The molecular formula is C17H20BrNOS. The molecule has 2 nitrogen and oxygen atoms in total. The zero-order valence-corrected chi connectivity index (χ0v) is 14.7. The summed E-state index contributed by atoms with van der Waals surface area (Å²) in [6, 6.07) is 14.8. The molecule has 0 spiro atoms. The highest BCUT2D eigenvalue weighted by molar-refractivity contribution is 9.10. The maximum Gasteiger partial charge on any atom is 0.118 e. The standard InChI is InChI=1S/C17H20BrNOS/c1-3-13(19)10-12-4-7-16(11-17(12)18)21-15-8-5-14(20-2)6-9-15/h4-9,11,13H,3,10,19H2,1-2H3. The van der Waals surface area contributed by atoms with Crippen LogP contribution >= 0.6 is 27.7 Å². The summed E-state index contributed by atoms with van der Waals surface area (Å²) < 4.78 is 6.30. The summed E-state index contributed by atoms with van der Waals surface area (Å²) in [4.78, 5) is 2.40. The molecule has 2 rings (SSSR count). The number of nitrogens with two attached hydrogens (primary N) is 1. The minimum Gasteiger partial charge on any atom is -0.497 e. The molecule has 0 aliphatic heterocycles. The summed E-state index contributed by atoms with van der Waals surface area (Å²) in [6.45, 7) is 2.12. The van der Waals surface area contributed by atoms with Gasteiger partial charge < -0.3 is 10.5 Å². The smallest absolute Gasteiger partial charge is 0.118 e. The van der Waals surface area contributed by atoms with E-state index in [1.165, 1.54) is 15.4 Å². The van der Waals surface area contributed by atoms with Crippen molar-refractivity contribution in [1.82, 2.24) is 0 Å². The van der Waals surface area contributed by atoms with Gasteiger partial charge in [0.25, 0.3) is 0 Å². The molecule has 0 fully saturated rings. The van der Waals surface area contributed by atoms with Gasteiger partial charge in [-0.25, -0.2) is 0 Å². The van der Waals surface area contributed by atoms with Crippen molar-refractivity contribution < 1.29 is 4.74 Å². The number of halogens is 1. The van der Waals surface area contributed by atoms with Crippen LogP contribution in [0.15, 0.2) is 56.7 Å². The van der Waals surface area contributed by atoms with Crippen LogP contribution in [-0.4, -0.2) is 13.2 Å². The second-order valence-corrected chi connectivity index (χ2v) is 6.90. The van der Waals surface area contributed by atoms with E-state index in [1.54, 1.807) is 18.9 Å². The van der Waals surface area contributed by atoms with Crippen LogP contribution in [0, 0.1) is 0 Å². The van der Waals surface area contributed by atoms with Crippen molar-refractivity contribution in [1.29, 1.82) is 0 Å². The van der Waals surface area contributed by atoms with Gasteiger partial charge in [-0.15, -0.1) is 0 Å². The molecule has 21 heavy (non-hydrogen) atoms. The average Bonchev–Trinajstić information content (AvgIpc) is 2.50. The Kier molecular flexibility index (Phi) is 6.15. The third kappa shape index (κ3) is 4.77. The summed E-state index contributed by atoms with van der Waals surface area (Å²) in [5.41, 5.74) is 7.29. The molecule has 1 atom stereocenters. The van der Waals surface area contributed by atoms with E-state index in [-0.39, 0.29) is 6.04 Å². The Morgan fingerprint density at radius 1 is 1.14 bits per heavy atom. The Hall–Kier alpha value is -0.970. The van der Waals surface area contributed by atoms with E-state index in [4.69, 9.17) is 10.5 Å². The second-order valence-electron chi connectivity index (χ2n) is 4.90. The van der Waals surface area contributed by atoms with Crippen molar-refractivity contribution >= 4 is 27.7 Å². The Labute approximate surface area is 139 Å². The maximum absolute atomic E-state index is 6.02. The molecule has 1 unspecified atom stereocenters. The Bertz CT molecular complexity index is 586. The van der Waals surface area contributed by atoms with Crippen molar-refractivity contribution in [3.05, 3.63) is 52.5 Å². The first-order valence-electron chi connectivity index (χ1n) is 6.98. The van der Waals surface area contributed by atoms with E-state index in [2.05, 4.69) is 53.2 Å². The Morgan fingerprint density at radius 2 is 1.81 bits per heavy atom. The SMILES string of the molecule is CCC(N)Cc1ccc(Sc2ccc(OC)cc2)cc1Br. The molecule has 112 valence electrons. The summed E-state index contributed by atoms with van der Waals surface area (Å²) in [5.74, 6) is 0.879. The van der Waals surface area contributed by atoms with Crippen LogP contribution in [-0.2, 0) is 6.42 Å². The molecule has 0 aromatic heterocycles. The van der Waals surface area contributed by atoms with E-state index in [9.17, 15) is 0 Å².